The molecule has 1 aromatic carbocycles. The van der Waals surface area contributed by atoms with Gasteiger partial charge < -0.3 is 4.98 Å². The van der Waals surface area contributed by atoms with Crippen LogP contribution in [-0.2, 0) is 26.4 Å². The standard InChI is InChI=1S/C26H32N4O/c1-29-25-23(21-4-2-3-5-22(21)26(31)27-25)24(28-29)20-12-10-19(11-13-20)16-30(14-17-6-7-17)15-18-8-9-18/h10-13,17-18H,2-9,14-16H2,1H3,(H,27,31). The Labute approximate surface area is 183 Å². The SMILES string of the molecule is Cn1nc(-c2ccc(CN(CC3CC3)CC3CC3)cc2)c2c3c(c(=O)[nH]c21)CCCC3. The molecule has 0 radical (unpaired) electrons. The Hall–Kier alpha value is -2.40. The van der Waals surface area contributed by atoms with Crippen LogP contribution in [-0.4, -0.2) is 32.8 Å². The van der Waals surface area contributed by atoms with Gasteiger partial charge in [-0.15, -0.1) is 0 Å². The van der Waals surface area contributed by atoms with Gasteiger partial charge in [0.2, 0.25) is 0 Å². The van der Waals surface area contributed by atoms with Gasteiger partial charge in [0.25, 0.3) is 5.56 Å². The van der Waals surface area contributed by atoms with Gasteiger partial charge >= 0.3 is 0 Å². The quantitative estimate of drug-likeness (QED) is 0.620. The fourth-order valence-electron chi connectivity index (χ4n) is 5.33. The van der Waals surface area contributed by atoms with Gasteiger partial charge in [0.15, 0.2) is 0 Å². The van der Waals surface area contributed by atoms with Crippen molar-refractivity contribution >= 4 is 11.0 Å². The summed E-state index contributed by atoms with van der Waals surface area (Å²) in [5, 5.41) is 5.98. The Kier molecular flexibility index (Phi) is 4.75. The third-order valence-corrected chi connectivity index (χ3v) is 7.38. The molecule has 3 aromatic rings. The number of hydrogen-bond donors (Lipinski definition) is 1. The lowest BCUT2D eigenvalue weighted by atomic mass is 9.89. The van der Waals surface area contributed by atoms with E-state index in [4.69, 9.17) is 5.10 Å². The summed E-state index contributed by atoms with van der Waals surface area (Å²) in [5.74, 6) is 1.87. The minimum absolute atomic E-state index is 0.0681. The average Bonchev–Trinajstić information content (AvgIpc) is 3.71. The van der Waals surface area contributed by atoms with Crippen LogP contribution >= 0.6 is 0 Å². The van der Waals surface area contributed by atoms with Crippen molar-refractivity contribution in [2.45, 2.75) is 57.9 Å². The van der Waals surface area contributed by atoms with Gasteiger partial charge in [0, 0.05) is 43.2 Å². The lowest BCUT2D eigenvalue weighted by Crippen LogP contribution is -2.27. The number of rotatable bonds is 7. The Morgan fingerprint density at radius 1 is 1.00 bits per heavy atom. The van der Waals surface area contributed by atoms with Gasteiger partial charge in [-0.05, 0) is 74.3 Å². The number of nitrogens with one attached hydrogen (secondary N) is 1. The highest BCUT2D eigenvalue weighted by Gasteiger charge is 2.29. The van der Waals surface area contributed by atoms with E-state index in [0.29, 0.717) is 0 Å². The van der Waals surface area contributed by atoms with Crippen LogP contribution in [0.25, 0.3) is 22.3 Å². The molecule has 5 heteroatoms. The normalized spacial score (nSPS) is 18.6. The highest BCUT2D eigenvalue weighted by atomic mass is 16.1. The second-order valence-corrected chi connectivity index (χ2v) is 10.1. The monoisotopic (exact) mass is 416 g/mol. The fraction of sp³-hybridized carbons (Fsp3) is 0.538. The molecule has 3 aliphatic rings. The Morgan fingerprint density at radius 3 is 2.29 bits per heavy atom. The largest absolute Gasteiger partial charge is 0.307 e. The van der Waals surface area contributed by atoms with Gasteiger partial charge in [-0.25, -0.2) is 0 Å². The van der Waals surface area contributed by atoms with E-state index in [2.05, 4.69) is 34.1 Å². The van der Waals surface area contributed by atoms with E-state index in [1.807, 2.05) is 11.7 Å². The molecule has 5 nitrogen and oxygen atoms in total. The van der Waals surface area contributed by atoms with Crippen LogP contribution in [0.15, 0.2) is 29.1 Å². The average molecular weight is 417 g/mol. The van der Waals surface area contributed by atoms with Crippen LogP contribution in [0, 0.1) is 11.8 Å². The highest BCUT2D eigenvalue weighted by molar-refractivity contribution is 5.94. The summed E-state index contributed by atoms with van der Waals surface area (Å²) in [6, 6.07) is 9.01. The van der Waals surface area contributed by atoms with E-state index < -0.39 is 0 Å². The summed E-state index contributed by atoms with van der Waals surface area (Å²) in [6.07, 6.45) is 9.77. The Balaban J connectivity index is 1.31. The summed E-state index contributed by atoms with van der Waals surface area (Å²) in [6.45, 7) is 3.59. The molecule has 0 saturated heterocycles. The zero-order chi connectivity index (χ0) is 20.9. The maximum atomic E-state index is 12.6. The van der Waals surface area contributed by atoms with E-state index in [0.717, 1.165) is 71.9 Å². The molecule has 0 amide bonds. The van der Waals surface area contributed by atoms with Crippen LogP contribution in [0.4, 0.5) is 0 Å². The molecular weight excluding hydrogens is 384 g/mol. The molecule has 2 fully saturated rings. The lowest BCUT2D eigenvalue weighted by molar-refractivity contribution is 0.244. The molecule has 3 aliphatic carbocycles. The van der Waals surface area contributed by atoms with Crippen LogP contribution in [0.2, 0.25) is 0 Å². The summed E-state index contributed by atoms with van der Waals surface area (Å²) < 4.78 is 1.84. The van der Waals surface area contributed by atoms with E-state index in [1.165, 1.54) is 49.9 Å². The summed E-state index contributed by atoms with van der Waals surface area (Å²) in [5.41, 5.74) is 6.65. The lowest BCUT2D eigenvalue weighted by Gasteiger charge is -2.22. The first-order valence-corrected chi connectivity index (χ1v) is 12.1. The van der Waals surface area contributed by atoms with Gasteiger partial charge in [-0.3, -0.25) is 14.4 Å². The van der Waals surface area contributed by atoms with Crippen molar-refractivity contribution in [1.82, 2.24) is 19.7 Å². The second kappa shape index (κ2) is 7.63. The molecule has 0 spiro atoms. The molecule has 1 N–H and O–H groups in total. The smallest absolute Gasteiger partial charge is 0.253 e. The van der Waals surface area contributed by atoms with Crippen LogP contribution in [0.5, 0.6) is 0 Å². The number of H-pyrrole nitrogens is 1. The maximum absolute atomic E-state index is 12.6. The van der Waals surface area contributed by atoms with Gasteiger partial charge in [-0.1, -0.05) is 24.3 Å². The molecule has 6 rings (SSSR count). The number of nitrogens with zero attached hydrogens (tertiary/aromatic N) is 3. The van der Waals surface area contributed by atoms with Crippen molar-refractivity contribution in [3.05, 3.63) is 51.3 Å². The first-order valence-electron chi connectivity index (χ1n) is 12.1. The molecule has 2 saturated carbocycles. The minimum atomic E-state index is 0.0681. The molecule has 162 valence electrons. The predicted molar refractivity (Wildman–Crippen MR) is 124 cm³/mol. The van der Waals surface area contributed by atoms with E-state index >= 15 is 0 Å². The maximum Gasteiger partial charge on any atom is 0.253 e. The van der Waals surface area contributed by atoms with Crippen molar-refractivity contribution in [2.75, 3.05) is 13.1 Å². The topological polar surface area (TPSA) is 53.9 Å². The van der Waals surface area contributed by atoms with Gasteiger partial charge in [-0.2, -0.15) is 5.10 Å². The third kappa shape index (κ3) is 3.84. The first-order chi connectivity index (χ1) is 15.2. The number of pyridine rings is 1. The Bertz CT molecular complexity index is 1150. The predicted octanol–water partition coefficient (Wildman–Crippen LogP) is 4.43. The zero-order valence-electron chi connectivity index (χ0n) is 18.5. The van der Waals surface area contributed by atoms with Gasteiger partial charge in [0.05, 0.1) is 0 Å². The number of aromatic amines is 1. The van der Waals surface area contributed by atoms with Crippen LogP contribution in [0.3, 0.4) is 0 Å². The number of benzene rings is 1. The van der Waals surface area contributed by atoms with E-state index in [9.17, 15) is 4.79 Å². The molecule has 31 heavy (non-hydrogen) atoms. The van der Waals surface area contributed by atoms with Crippen molar-refractivity contribution < 1.29 is 0 Å². The third-order valence-electron chi connectivity index (χ3n) is 7.38. The number of aromatic nitrogens is 3. The molecular formula is C26H32N4O. The molecule has 2 heterocycles. The highest BCUT2D eigenvalue weighted by Crippen LogP contribution is 2.35. The molecule has 0 aliphatic heterocycles. The minimum Gasteiger partial charge on any atom is -0.307 e. The fourth-order valence-corrected chi connectivity index (χ4v) is 5.33. The van der Waals surface area contributed by atoms with Gasteiger partial charge in [0.1, 0.15) is 11.3 Å². The summed E-state index contributed by atoms with van der Waals surface area (Å²) in [7, 11) is 1.93. The van der Waals surface area contributed by atoms with E-state index in [1.54, 1.807) is 0 Å². The van der Waals surface area contributed by atoms with Crippen molar-refractivity contribution in [3.63, 3.8) is 0 Å². The van der Waals surface area contributed by atoms with E-state index in [-0.39, 0.29) is 5.56 Å². The number of aryl methyl sites for hydroxylation is 2. The summed E-state index contributed by atoms with van der Waals surface area (Å²) >= 11 is 0. The van der Waals surface area contributed by atoms with Crippen molar-refractivity contribution in [1.29, 1.82) is 0 Å². The Morgan fingerprint density at radius 2 is 1.65 bits per heavy atom. The van der Waals surface area contributed by atoms with Crippen LogP contribution < -0.4 is 5.56 Å². The zero-order valence-corrected chi connectivity index (χ0v) is 18.5. The molecule has 0 atom stereocenters. The summed E-state index contributed by atoms with van der Waals surface area (Å²) in [4.78, 5) is 18.4. The number of fused-ring (bicyclic) bond motifs is 3. The molecule has 0 unspecified atom stereocenters. The first kappa shape index (κ1) is 19.3. The van der Waals surface area contributed by atoms with Crippen LogP contribution in [0.1, 0.15) is 55.2 Å². The second-order valence-electron chi connectivity index (χ2n) is 10.1. The van der Waals surface area contributed by atoms with Crippen molar-refractivity contribution in [3.8, 4) is 11.3 Å². The van der Waals surface area contributed by atoms with Crippen molar-refractivity contribution in [2.24, 2.45) is 18.9 Å². The number of hydrogen-bond acceptors (Lipinski definition) is 3. The molecule has 2 aromatic heterocycles. The molecule has 0 bridgehead atoms.